The number of rotatable bonds is 9. The Morgan fingerprint density at radius 3 is 2.44 bits per heavy atom. The van der Waals surface area contributed by atoms with Crippen molar-refractivity contribution >= 4 is 18.0 Å². The Bertz CT molecular complexity index is 837. The van der Waals surface area contributed by atoms with Crippen LogP contribution in [0.2, 0.25) is 0 Å². The third-order valence-corrected chi connectivity index (χ3v) is 3.69. The Hall–Kier alpha value is -3.59. The molecule has 2 rings (SSSR count). The standard InChI is InChI=1S/C21H20N2O4/c22-14-18(13-17-8-10-19(11-9-17)27-15-20(24)25)21(26)23-12-4-7-16-5-2-1-3-6-16/h1-3,5-6,8-11,13H,4,7,12,15H2,(H,23,26)(H,24,25)/b18-13-. The first-order valence-electron chi connectivity index (χ1n) is 8.47. The topological polar surface area (TPSA) is 99.4 Å². The highest BCUT2D eigenvalue weighted by atomic mass is 16.5. The van der Waals surface area contributed by atoms with Crippen LogP contribution in [-0.2, 0) is 16.0 Å². The van der Waals surface area contributed by atoms with Crippen LogP contribution in [0.4, 0.5) is 0 Å². The molecule has 0 spiro atoms. The lowest BCUT2D eigenvalue weighted by Gasteiger charge is -2.05. The first kappa shape index (κ1) is 19.7. The van der Waals surface area contributed by atoms with E-state index in [0.29, 0.717) is 17.9 Å². The van der Waals surface area contributed by atoms with E-state index in [1.165, 1.54) is 11.6 Å². The van der Waals surface area contributed by atoms with Crippen LogP contribution in [0.15, 0.2) is 60.2 Å². The van der Waals surface area contributed by atoms with Crippen LogP contribution in [0.5, 0.6) is 5.75 Å². The molecule has 1 amide bonds. The molecule has 0 atom stereocenters. The second-order valence-electron chi connectivity index (χ2n) is 5.77. The molecule has 0 aromatic heterocycles. The van der Waals surface area contributed by atoms with E-state index in [0.717, 1.165) is 12.8 Å². The van der Waals surface area contributed by atoms with Gasteiger partial charge in [0.2, 0.25) is 0 Å². The molecule has 6 nitrogen and oxygen atoms in total. The third kappa shape index (κ3) is 7.04. The third-order valence-electron chi connectivity index (χ3n) is 3.69. The summed E-state index contributed by atoms with van der Waals surface area (Å²) in [6.45, 7) is 0.0543. The van der Waals surface area contributed by atoms with Gasteiger partial charge in [0.25, 0.3) is 5.91 Å². The molecule has 0 saturated carbocycles. The summed E-state index contributed by atoms with van der Waals surface area (Å²) in [4.78, 5) is 22.6. The average molecular weight is 364 g/mol. The molecule has 0 radical (unpaired) electrons. The van der Waals surface area contributed by atoms with Crippen molar-refractivity contribution in [2.45, 2.75) is 12.8 Å². The van der Waals surface area contributed by atoms with Gasteiger partial charge in [0.1, 0.15) is 17.4 Å². The van der Waals surface area contributed by atoms with Crippen molar-refractivity contribution in [3.05, 3.63) is 71.3 Å². The van der Waals surface area contributed by atoms with Gasteiger partial charge in [0.05, 0.1) is 0 Å². The summed E-state index contributed by atoms with van der Waals surface area (Å²) in [5.74, 6) is -1.08. The molecule has 6 heteroatoms. The zero-order valence-corrected chi connectivity index (χ0v) is 14.7. The maximum Gasteiger partial charge on any atom is 0.341 e. The van der Waals surface area contributed by atoms with Crippen LogP contribution in [0, 0.1) is 11.3 Å². The second kappa shape index (κ2) is 10.4. The van der Waals surface area contributed by atoms with Gasteiger partial charge in [-0.05, 0) is 42.2 Å². The van der Waals surface area contributed by atoms with E-state index in [1.54, 1.807) is 24.3 Å². The van der Waals surface area contributed by atoms with Gasteiger partial charge in [-0.1, -0.05) is 42.5 Å². The van der Waals surface area contributed by atoms with E-state index in [4.69, 9.17) is 9.84 Å². The summed E-state index contributed by atoms with van der Waals surface area (Å²) in [5, 5.41) is 20.6. The molecule has 27 heavy (non-hydrogen) atoms. The summed E-state index contributed by atoms with van der Waals surface area (Å²) in [6.07, 6.45) is 3.11. The highest BCUT2D eigenvalue weighted by molar-refractivity contribution is 6.01. The van der Waals surface area contributed by atoms with Gasteiger partial charge >= 0.3 is 5.97 Å². The van der Waals surface area contributed by atoms with Crippen LogP contribution in [0.3, 0.4) is 0 Å². The van der Waals surface area contributed by atoms with Gasteiger partial charge in [-0.3, -0.25) is 4.79 Å². The van der Waals surface area contributed by atoms with Crippen molar-refractivity contribution in [1.82, 2.24) is 5.32 Å². The van der Waals surface area contributed by atoms with E-state index in [9.17, 15) is 14.9 Å². The number of carbonyl (C=O) groups is 2. The van der Waals surface area contributed by atoms with Crippen molar-refractivity contribution in [2.24, 2.45) is 0 Å². The zero-order valence-electron chi connectivity index (χ0n) is 14.7. The lowest BCUT2D eigenvalue weighted by atomic mass is 10.1. The molecule has 0 aliphatic rings. The monoisotopic (exact) mass is 364 g/mol. The summed E-state index contributed by atoms with van der Waals surface area (Å²) in [7, 11) is 0. The first-order valence-corrected chi connectivity index (χ1v) is 8.47. The van der Waals surface area contributed by atoms with Gasteiger partial charge < -0.3 is 15.2 Å². The molecule has 0 aliphatic carbocycles. The number of nitriles is 1. The number of ether oxygens (including phenoxy) is 1. The predicted molar refractivity (Wildman–Crippen MR) is 101 cm³/mol. The largest absolute Gasteiger partial charge is 0.482 e. The molecular weight excluding hydrogens is 344 g/mol. The summed E-state index contributed by atoms with van der Waals surface area (Å²) in [5.41, 5.74) is 1.86. The minimum absolute atomic E-state index is 0.00826. The molecule has 2 N–H and O–H groups in total. The predicted octanol–water partition coefficient (Wildman–Crippen LogP) is 2.81. The van der Waals surface area contributed by atoms with Crippen molar-refractivity contribution in [1.29, 1.82) is 5.26 Å². The number of hydrogen-bond acceptors (Lipinski definition) is 4. The molecule has 0 bridgehead atoms. The highest BCUT2D eigenvalue weighted by Crippen LogP contribution is 2.14. The number of amides is 1. The van der Waals surface area contributed by atoms with Crippen molar-refractivity contribution in [3.63, 3.8) is 0 Å². The lowest BCUT2D eigenvalue weighted by Crippen LogP contribution is -2.25. The van der Waals surface area contributed by atoms with Crippen LogP contribution in [0.1, 0.15) is 17.5 Å². The van der Waals surface area contributed by atoms with Crippen molar-refractivity contribution in [3.8, 4) is 11.8 Å². The number of carboxylic acids is 1. The number of hydrogen-bond donors (Lipinski definition) is 2. The number of aliphatic carboxylic acids is 1. The molecule has 2 aromatic carbocycles. The summed E-state index contributed by atoms with van der Waals surface area (Å²) in [6, 6.07) is 18.3. The van der Waals surface area contributed by atoms with Gasteiger partial charge in [-0.2, -0.15) is 5.26 Å². The van der Waals surface area contributed by atoms with Gasteiger partial charge in [-0.25, -0.2) is 4.79 Å². The van der Waals surface area contributed by atoms with E-state index in [-0.39, 0.29) is 5.57 Å². The van der Waals surface area contributed by atoms with Gasteiger partial charge in [0, 0.05) is 6.54 Å². The molecule has 0 fully saturated rings. The molecule has 2 aromatic rings. The molecule has 0 heterocycles. The Kier molecular flexibility index (Phi) is 7.61. The molecule has 138 valence electrons. The average Bonchev–Trinajstić information content (AvgIpc) is 2.69. The van der Waals surface area contributed by atoms with Crippen molar-refractivity contribution in [2.75, 3.05) is 13.2 Å². The summed E-state index contributed by atoms with van der Waals surface area (Å²) >= 11 is 0. The Morgan fingerprint density at radius 2 is 1.81 bits per heavy atom. The van der Waals surface area contributed by atoms with Crippen LogP contribution < -0.4 is 10.1 Å². The van der Waals surface area contributed by atoms with Crippen LogP contribution in [-0.4, -0.2) is 30.1 Å². The van der Waals surface area contributed by atoms with E-state index in [1.807, 2.05) is 36.4 Å². The summed E-state index contributed by atoms with van der Waals surface area (Å²) < 4.78 is 5.04. The van der Waals surface area contributed by atoms with E-state index < -0.39 is 18.5 Å². The number of nitrogens with one attached hydrogen (secondary N) is 1. The number of aryl methyl sites for hydroxylation is 1. The quantitative estimate of drug-likeness (QED) is 0.405. The maximum absolute atomic E-state index is 12.1. The first-order chi connectivity index (χ1) is 13.1. The highest BCUT2D eigenvalue weighted by Gasteiger charge is 2.08. The lowest BCUT2D eigenvalue weighted by molar-refractivity contribution is -0.139. The zero-order chi connectivity index (χ0) is 19.5. The minimum atomic E-state index is -1.06. The smallest absolute Gasteiger partial charge is 0.341 e. The number of carboxylic acid groups (broad SMARTS) is 1. The van der Waals surface area contributed by atoms with E-state index >= 15 is 0 Å². The number of benzene rings is 2. The molecule has 0 aliphatic heterocycles. The van der Waals surface area contributed by atoms with Gasteiger partial charge in [-0.15, -0.1) is 0 Å². The SMILES string of the molecule is N#C/C(=C/c1ccc(OCC(=O)O)cc1)C(=O)NCCCc1ccccc1. The number of nitrogens with zero attached hydrogens (tertiary/aromatic N) is 1. The fourth-order valence-corrected chi connectivity index (χ4v) is 2.35. The Balaban J connectivity index is 1.86. The maximum atomic E-state index is 12.1. The Labute approximate surface area is 157 Å². The second-order valence-corrected chi connectivity index (χ2v) is 5.77. The molecular formula is C21H20N2O4. The number of carbonyl (C=O) groups excluding carboxylic acids is 1. The van der Waals surface area contributed by atoms with Crippen LogP contribution >= 0.6 is 0 Å². The normalized spacial score (nSPS) is 10.7. The fraction of sp³-hybridized carbons (Fsp3) is 0.190. The van der Waals surface area contributed by atoms with Crippen LogP contribution in [0.25, 0.3) is 6.08 Å². The molecule has 0 unspecified atom stereocenters. The molecule has 0 saturated heterocycles. The van der Waals surface area contributed by atoms with E-state index in [2.05, 4.69) is 5.32 Å². The minimum Gasteiger partial charge on any atom is -0.482 e. The Morgan fingerprint density at radius 1 is 1.11 bits per heavy atom. The van der Waals surface area contributed by atoms with Crippen molar-refractivity contribution < 1.29 is 19.4 Å². The van der Waals surface area contributed by atoms with Gasteiger partial charge in [0.15, 0.2) is 6.61 Å². The fourth-order valence-electron chi connectivity index (χ4n) is 2.35.